The normalized spacial score (nSPS) is 16.0. The summed E-state index contributed by atoms with van der Waals surface area (Å²) >= 11 is 6.06. The van der Waals surface area contributed by atoms with Gasteiger partial charge in [0.25, 0.3) is 0 Å². The second-order valence-electron chi connectivity index (χ2n) is 6.00. The van der Waals surface area contributed by atoms with Crippen molar-refractivity contribution in [3.05, 3.63) is 53.3 Å². The van der Waals surface area contributed by atoms with Gasteiger partial charge < -0.3 is 20.3 Å². The van der Waals surface area contributed by atoms with Crippen molar-refractivity contribution < 1.29 is 4.74 Å². The van der Waals surface area contributed by atoms with Crippen molar-refractivity contribution >= 4 is 47.5 Å². The number of anilines is 1. The first kappa shape index (κ1) is 21.6. The van der Waals surface area contributed by atoms with E-state index in [2.05, 4.69) is 24.8 Å². The summed E-state index contributed by atoms with van der Waals surface area (Å²) in [7, 11) is 1.66. The number of hydrogen-bond donors (Lipinski definition) is 1. The highest BCUT2D eigenvalue weighted by molar-refractivity contribution is 14.0. The summed E-state index contributed by atoms with van der Waals surface area (Å²) in [5.74, 6) is 1.28. The van der Waals surface area contributed by atoms with E-state index < -0.39 is 0 Å². The highest BCUT2D eigenvalue weighted by atomic mass is 127. The largest absolute Gasteiger partial charge is 0.375 e. The first-order valence-electron chi connectivity index (χ1n) is 8.52. The van der Waals surface area contributed by atoms with Gasteiger partial charge in [0.15, 0.2) is 5.96 Å². The average Bonchev–Trinajstić information content (AvgIpc) is 2.69. The topological polar surface area (TPSA) is 79.9 Å². The summed E-state index contributed by atoms with van der Waals surface area (Å²) in [6.45, 7) is 3.62. The van der Waals surface area contributed by atoms with Gasteiger partial charge in [0.2, 0.25) is 5.95 Å². The summed E-state index contributed by atoms with van der Waals surface area (Å²) < 4.78 is 5.54. The molecule has 2 heterocycles. The molecule has 146 valence electrons. The fourth-order valence-electron chi connectivity index (χ4n) is 2.89. The fourth-order valence-corrected chi connectivity index (χ4v) is 3.09. The Hall–Kier alpha value is -1.65. The van der Waals surface area contributed by atoms with Crippen LogP contribution in [-0.4, -0.2) is 60.7 Å². The molecule has 0 amide bonds. The van der Waals surface area contributed by atoms with Crippen molar-refractivity contribution in [1.29, 1.82) is 0 Å². The van der Waals surface area contributed by atoms with Gasteiger partial charge >= 0.3 is 0 Å². The molecule has 1 aromatic carbocycles. The third-order valence-corrected chi connectivity index (χ3v) is 4.60. The molecule has 0 spiro atoms. The quantitative estimate of drug-likeness (QED) is 0.385. The van der Waals surface area contributed by atoms with Crippen LogP contribution in [0, 0.1) is 0 Å². The minimum atomic E-state index is -0.175. The maximum atomic E-state index is 6.19. The number of aliphatic imine (C=N–C) groups is 1. The van der Waals surface area contributed by atoms with Gasteiger partial charge in [-0.15, -0.1) is 24.0 Å². The average molecular weight is 503 g/mol. The zero-order valence-corrected chi connectivity index (χ0v) is 18.2. The van der Waals surface area contributed by atoms with Crippen LogP contribution in [-0.2, 0) is 4.74 Å². The third-order valence-electron chi connectivity index (χ3n) is 4.36. The van der Waals surface area contributed by atoms with Crippen LogP contribution in [0.2, 0.25) is 5.02 Å². The molecule has 0 bridgehead atoms. The van der Waals surface area contributed by atoms with Gasteiger partial charge in [0.1, 0.15) is 6.10 Å². The Morgan fingerprint density at radius 1 is 1.22 bits per heavy atom. The van der Waals surface area contributed by atoms with Crippen molar-refractivity contribution in [3.63, 3.8) is 0 Å². The Morgan fingerprint density at radius 2 is 1.93 bits per heavy atom. The Labute approximate surface area is 181 Å². The molecule has 27 heavy (non-hydrogen) atoms. The highest BCUT2D eigenvalue weighted by Crippen LogP contribution is 2.20. The number of piperazine rings is 1. The van der Waals surface area contributed by atoms with Gasteiger partial charge in [0.05, 0.1) is 6.54 Å². The van der Waals surface area contributed by atoms with E-state index in [1.165, 1.54) is 0 Å². The second kappa shape index (κ2) is 10.6. The summed E-state index contributed by atoms with van der Waals surface area (Å²) in [6.07, 6.45) is 3.34. The van der Waals surface area contributed by atoms with Crippen LogP contribution >= 0.6 is 35.6 Å². The van der Waals surface area contributed by atoms with Gasteiger partial charge in [-0.05, 0) is 23.8 Å². The van der Waals surface area contributed by atoms with E-state index in [0.29, 0.717) is 17.5 Å². The van der Waals surface area contributed by atoms with Crippen LogP contribution in [0.3, 0.4) is 0 Å². The van der Waals surface area contributed by atoms with Crippen molar-refractivity contribution in [3.8, 4) is 0 Å². The number of rotatable bonds is 5. The van der Waals surface area contributed by atoms with Crippen LogP contribution in [0.4, 0.5) is 5.95 Å². The van der Waals surface area contributed by atoms with E-state index in [9.17, 15) is 0 Å². The number of ether oxygens (including phenoxy) is 1. The number of methoxy groups -OCH3 is 1. The Balaban J connectivity index is 0.00000261. The van der Waals surface area contributed by atoms with E-state index in [0.717, 1.165) is 37.7 Å². The molecule has 0 radical (unpaired) electrons. The van der Waals surface area contributed by atoms with Crippen LogP contribution in [0.15, 0.2) is 47.7 Å². The molecule has 1 unspecified atom stereocenters. The molecule has 1 fully saturated rings. The standard InChI is InChI=1S/C18H23ClN6O.HI/c1-26-16(14-4-2-5-15(19)12-14)13-23-17(20)24-8-10-25(11-9-24)18-21-6-3-7-22-18;/h2-7,12,16H,8-11,13H2,1H3,(H2,20,23);1H. The monoisotopic (exact) mass is 502 g/mol. The maximum Gasteiger partial charge on any atom is 0.225 e. The summed E-state index contributed by atoms with van der Waals surface area (Å²) in [5, 5.41) is 0.681. The number of benzene rings is 1. The second-order valence-corrected chi connectivity index (χ2v) is 6.44. The molecule has 2 aromatic rings. The molecule has 1 aliphatic rings. The summed E-state index contributed by atoms with van der Waals surface area (Å²) in [6, 6.07) is 9.42. The van der Waals surface area contributed by atoms with Gasteiger partial charge in [-0.3, -0.25) is 4.99 Å². The van der Waals surface area contributed by atoms with Crippen LogP contribution < -0.4 is 10.6 Å². The minimum absolute atomic E-state index is 0. The van der Waals surface area contributed by atoms with Gasteiger partial charge in [-0.1, -0.05) is 23.7 Å². The van der Waals surface area contributed by atoms with Crippen LogP contribution in [0.25, 0.3) is 0 Å². The van der Waals surface area contributed by atoms with Crippen LogP contribution in [0.1, 0.15) is 11.7 Å². The fraction of sp³-hybridized carbons (Fsp3) is 0.389. The Kier molecular flexibility index (Phi) is 8.52. The number of nitrogens with two attached hydrogens (primary N) is 1. The lowest BCUT2D eigenvalue weighted by atomic mass is 10.1. The van der Waals surface area contributed by atoms with Crippen molar-refractivity contribution in [2.75, 3.05) is 44.7 Å². The predicted octanol–water partition coefficient (Wildman–Crippen LogP) is 2.57. The van der Waals surface area contributed by atoms with Crippen molar-refractivity contribution in [2.24, 2.45) is 10.7 Å². The lowest BCUT2D eigenvalue weighted by Crippen LogP contribution is -2.51. The highest BCUT2D eigenvalue weighted by Gasteiger charge is 2.20. The molecule has 7 nitrogen and oxygen atoms in total. The number of nitrogens with zero attached hydrogens (tertiary/aromatic N) is 5. The van der Waals surface area contributed by atoms with Gasteiger partial charge in [-0.25, -0.2) is 9.97 Å². The first-order chi connectivity index (χ1) is 12.7. The maximum absolute atomic E-state index is 6.19. The molecule has 1 saturated heterocycles. The Bertz CT molecular complexity index is 740. The van der Waals surface area contributed by atoms with Crippen molar-refractivity contribution in [1.82, 2.24) is 14.9 Å². The molecule has 1 aliphatic heterocycles. The summed E-state index contributed by atoms with van der Waals surface area (Å²) in [4.78, 5) is 17.3. The zero-order valence-electron chi connectivity index (χ0n) is 15.2. The van der Waals surface area contributed by atoms with Gasteiger partial charge in [-0.2, -0.15) is 0 Å². The molecule has 0 aliphatic carbocycles. The van der Waals surface area contributed by atoms with Gasteiger partial charge in [0, 0.05) is 50.7 Å². The zero-order chi connectivity index (χ0) is 18.4. The van der Waals surface area contributed by atoms with E-state index in [1.807, 2.05) is 30.3 Å². The molecule has 9 heteroatoms. The van der Waals surface area contributed by atoms with E-state index in [1.54, 1.807) is 19.5 Å². The lowest BCUT2D eigenvalue weighted by Gasteiger charge is -2.35. The molecule has 2 N–H and O–H groups in total. The van der Waals surface area contributed by atoms with Crippen LogP contribution in [0.5, 0.6) is 0 Å². The van der Waals surface area contributed by atoms with E-state index in [-0.39, 0.29) is 30.1 Å². The molecular formula is C18H24ClIN6O. The molecule has 3 rings (SSSR count). The smallest absolute Gasteiger partial charge is 0.225 e. The number of hydrogen-bond acceptors (Lipinski definition) is 5. The molecule has 1 atom stereocenters. The predicted molar refractivity (Wildman–Crippen MR) is 119 cm³/mol. The minimum Gasteiger partial charge on any atom is -0.375 e. The first-order valence-corrected chi connectivity index (χ1v) is 8.90. The molecule has 1 aromatic heterocycles. The number of halogens is 2. The van der Waals surface area contributed by atoms with E-state index >= 15 is 0 Å². The lowest BCUT2D eigenvalue weighted by molar-refractivity contribution is 0.110. The Morgan fingerprint density at radius 3 is 2.56 bits per heavy atom. The number of aromatic nitrogens is 2. The third kappa shape index (κ3) is 5.91. The van der Waals surface area contributed by atoms with Crippen molar-refractivity contribution in [2.45, 2.75) is 6.10 Å². The summed E-state index contributed by atoms with van der Waals surface area (Å²) in [5.41, 5.74) is 7.18. The van der Waals surface area contributed by atoms with E-state index in [4.69, 9.17) is 22.1 Å². The molecule has 0 saturated carbocycles. The SMILES string of the molecule is COC(CN=C(N)N1CCN(c2ncccn2)CC1)c1cccc(Cl)c1.I. The number of guanidine groups is 1. The molecular weight excluding hydrogens is 479 g/mol.